The summed E-state index contributed by atoms with van der Waals surface area (Å²) in [4.78, 5) is 13.1. The number of fused-ring (bicyclic) bond motifs is 3. The van der Waals surface area contributed by atoms with Gasteiger partial charge in [0, 0.05) is 23.3 Å². The molecule has 0 saturated carbocycles. The van der Waals surface area contributed by atoms with Crippen molar-refractivity contribution in [3.8, 4) is 17.2 Å². The Balaban J connectivity index is 1.93. The largest absolute Gasteiger partial charge is 0.497 e. The van der Waals surface area contributed by atoms with Crippen molar-refractivity contribution in [3.63, 3.8) is 0 Å². The Labute approximate surface area is 150 Å². The molecule has 0 aliphatic rings. The molecular formula is C20H19N3O3. The first kappa shape index (κ1) is 16.2. The van der Waals surface area contributed by atoms with E-state index in [4.69, 9.17) is 9.47 Å². The average Bonchev–Trinajstić information content (AvgIpc) is 2.96. The van der Waals surface area contributed by atoms with E-state index >= 15 is 0 Å². The van der Waals surface area contributed by atoms with Crippen LogP contribution in [0.1, 0.15) is 6.92 Å². The molecule has 0 atom stereocenters. The van der Waals surface area contributed by atoms with E-state index in [1.54, 1.807) is 13.3 Å². The second-order valence-electron chi connectivity index (χ2n) is 5.99. The van der Waals surface area contributed by atoms with Gasteiger partial charge in [-0.1, -0.05) is 0 Å². The molecule has 0 amide bonds. The molecule has 0 aliphatic heterocycles. The minimum absolute atomic E-state index is 0.163. The van der Waals surface area contributed by atoms with Crippen LogP contribution in [-0.4, -0.2) is 28.1 Å². The van der Waals surface area contributed by atoms with Gasteiger partial charge >= 0.3 is 0 Å². The lowest BCUT2D eigenvalue weighted by atomic mass is 10.2. The van der Waals surface area contributed by atoms with E-state index in [-0.39, 0.29) is 5.56 Å². The van der Waals surface area contributed by atoms with Crippen LogP contribution < -0.4 is 15.0 Å². The second-order valence-corrected chi connectivity index (χ2v) is 5.99. The lowest BCUT2D eigenvalue weighted by Gasteiger charge is -2.07. The molecule has 26 heavy (non-hydrogen) atoms. The molecule has 6 heteroatoms. The van der Waals surface area contributed by atoms with Gasteiger partial charge in [0.15, 0.2) is 0 Å². The highest BCUT2D eigenvalue weighted by atomic mass is 16.5. The van der Waals surface area contributed by atoms with Gasteiger partial charge in [0.1, 0.15) is 17.0 Å². The maximum atomic E-state index is 13.1. The number of methoxy groups -OCH3 is 1. The molecule has 2 aromatic heterocycles. The molecule has 0 spiro atoms. The van der Waals surface area contributed by atoms with Gasteiger partial charge < -0.3 is 14.0 Å². The van der Waals surface area contributed by atoms with Crippen molar-refractivity contribution in [1.82, 2.24) is 14.3 Å². The molecule has 0 aliphatic carbocycles. The van der Waals surface area contributed by atoms with Gasteiger partial charge in [-0.3, -0.25) is 4.79 Å². The fourth-order valence-electron chi connectivity index (χ4n) is 3.27. The lowest BCUT2D eigenvalue weighted by Crippen LogP contribution is -2.22. The molecule has 4 aromatic rings. The topological polar surface area (TPSA) is 58.3 Å². The molecule has 132 valence electrons. The van der Waals surface area contributed by atoms with E-state index in [9.17, 15) is 4.79 Å². The SMILES string of the molecule is CCOc1ccc(-n2ncc3c4cc(OC)ccc4n(C)c3c2=O)cc1. The highest BCUT2D eigenvalue weighted by molar-refractivity contribution is 6.07. The van der Waals surface area contributed by atoms with Gasteiger partial charge in [-0.15, -0.1) is 0 Å². The van der Waals surface area contributed by atoms with Crippen LogP contribution in [0.4, 0.5) is 0 Å². The van der Waals surface area contributed by atoms with E-state index < -0.39 is 0 Å². The van der Waals surface area contributed by atoms with Crippen molar-refractivity contribution in [1.29, 1.82) is 0 Å². The molecule has 0 unspecified atom stereocenters. The summed E-state index contributed by atoms with van der Waals surface area (Å²) < 4.78 is 14.1. The summed E-state index contributed by atoms with van der Waals surface area (Å²) >= 11 is 0. The van der Waals surface area contributed by atoms with Gasteiger partial charge in [0.05, 0.1) is 25.6 Å². The number of benzene rings is 2. The monoisotopic (exact) mass is 349 g/mol. The maximum absolute atomic E-state index is 13.1. The van der Waals surface area contributed by atoms with Crippen LogP contribution in [0.25, 0.3) is 27.5 Å². The standard InChI is InChI=1S/C20H19N3O3/c1-4-26-14-7-5-13(6-8-14)23-20(24)19-17(12-21-23)16-11-15(25-3)9-10-18(16)22(19)2/h5-12H,4H2,1-3H3. The van der Waals surface area contributed by atoms with Crippen molar-refractivity contribution >= 4 is 21.8 Å². The fraction of sp³-hybridized carbons (Fsp3) is 0.200. The number of aryl methyl sites for hydroxylation is 1. The molecule has 2 heterocycles. The molecule has 4 rings (SSSR count). The molecule has 6 nitrogen and oxygen atoms in total. The number of aromatic nitrogens is 3. The minimum atomic E-state index is -0.163. The van der Waals surface area contributed by atoms with Crippen LogP contribution in [0.3, 0.4) is 0 Å². The van der Waals surface area contributed by atoms with Crippen molar-refractivity contribution in [3.05, 3.63) is 59.0 Å². The molecule has 0 N–H and O–H groups in total. The van der Waals surface area contributed by atoms with E-state index in [0.717, 1.165) is 27.8 Å². The number of hydrogen-bond donors (Lipinski definition) is 0. The number of ether oxygens (including phenoxy) is 2. The number of rotatable bonds is 4. The van der Waals surface area contributed by atoms with Crippen molar-refractivity contribution in [2.24, 2.45) is 7.05 Å². The quantitative estimate of drug-likeness (QED) is 0.567. The summed E-state index contributed by atoms with van der Waals surface area (Å²) in [5.74, 6) is 1.52. The Kier molecular flexibility index (Phi) is 3.88. The Bertz CT molecular complexity index is 1160. The summed E-state index contributed by atoms with van der Waals surface area (Å²) in [5.41, 5.74) is 2.11. The highest BCUT2D eigenvalue weighted by Crippen LogP contribution is 2.29. The normalized spacial score (nSPS) is 11.2. The first-order valence-corrected chi connectivity index (χ1v) is 8.41. The Morgan fingerprint density at radius 1 is 1.04 bits per heavy atom. The molecule has 0 radical (unpaired) electrons. The Morgan fingerprint density at radius 3 is 2.46 bits per heavy atom. The zero-order valence-electron chi connectivity index (χ0n) is 14.9. The fourth-order valence-corrected chi connectivity index (χ4v) is 3.27. The maximum Gasteiger partial charge on any atom is 0.296 e. The van der Waals surface area contributed by atoms with Crippen molar-refractivity contribution in [2.75, 3.05) is 13.7 Å². The molecule has 0 bridgehead atoms. The van der Waals surface area contributed by atoms with E-state index in [0.29, 0.717) is 17.8 Å². The van der Waals surface area contributed by atoms with E-state index in [1.165, 1.54) is 4.68 Å². The van der Waals surface area contributed by atoms with Crippen molar-refractivity contribution in [2.45, 2.75) is 6.92 Å². The molecule has 2 aromatic carbocycles. The first-order chi connectivity index (χ1) is 12.6. The zero-order valence-corrected chi connectivity index (χ0v) is 14.9. The van der Waals surface area contributed by atoms with Crippen molar-refractivity contribution < 1.29 is 9.47 Å². The van der Waals surface area contributed by atoms with Gasteiger partial charge in [0.2, 0.25) is 0 Å². The average molecular weight is 349 g/mol. The predicted octanol–water partition coefficient (Wildman–Crippen LogP) is 3.28. The smallest absolute Gasteiger partial charge is 0.296 e. The molecule has 0 fully saturated rings. The third-order valence-electron chi connectivity index (χ3n) is 4.54. The third-order valence-corrected chi connectivity index (χ3v) is 4.54. The van der Waals surface area contributed by atoms with Crippen LogP contribution in [-0.2, 0) is 7.05 Å². The summed E-state index contributed by atoms with van der Waals surface area (Å²) in [6.07, 6.45) is 1.73. The molecule has 0 saturated heterocycles. The number of hydrogen-bond acceptors (Lipinski definition) is 4. The van der Waals surface area contributed by atoms with Gasteiger partial charge in [0.25, 0.3) is 5.56 Å². The number of nitrogens with zero attached hydrogens (tertiary/aromatic N) is 3. The minimum Gasteiger partial charge on any atom is -0.497 e. The Morgan fingerprint density at radius 2 is 1.77 bits per heavy atom. The lowest BCUT2D eigenvalue weighted by molar-refractivity contribution is 0.340. The predicted molar refractivity (Wildman–Crippen MR) is 102 cm³/mol. The van der Waals surface area contributed by atoms with Crippen LogP contribution in [0.5, 0.6) is 11.5 Å². The van der Waals surface area contributed by atoms with Crippen LogP contribution in [0, 0.1) is 0 Å². The van der Waals surface area contributed by atoms with Crippen LogP contribution in [0.2, 0.25) is 0 Å². The first-order valence-electron chi connectivity index (χ1n) is 8.41. The van der Waals surface area contributed by atoms with Crippen LogP contribution >= 0.6 is 0 Å². The summed E-state index contributed by atoms with van der Waals surface area (Å²) in [7, 11) is 3.52. The molecular weight excluding hydrogens is 330 g/mol. The third kappa shape index (κ3) is 2.42. The zero-order chi connectivity index (χ0) is 18.3. The van der Waals surface area contributed by atoms with Gasteiger partial charge in [-0.05, 0) is 49.4 Å². The highest BCUT2D eigenvalue weighted by Gasteiger charge is 2.15. The second kappa shape index (κ2) is 6.22. The summed E-state index contributed by atoms with van der Waals surface area (Å²) in [6, 6.07) is 13.1. The summed E-state index contributed by atoms with van der Waals surface area (Å²) in [6.45, 7) is 2.53. The Hall–Kier alpha value is -3.28. The van der Waals surface area contributed by atoms with Gasteiger partial charge in [-0.25, -0.2) is 0 Å². The van der Waals surface area contributed by atoms with E-state index in [1.807, 2.05) is 61.0 Å². The van der Waals surface area contributed by atoms with E-state index in [2.05, 4.69) is 5.10 Å². The van der Waals surface area contributed by atoms with Crippen LogP contribution in [0.15, 0.2) is 53.5 Å². The van der Waals surface area contributed by atoms with Gasteiger partial charge in [-0.2, -0.15) is 9.78 Å². The summed E-state index contributed by atoms with van der Waals surface area (Å²) in [5, 5.41) is 6.14.